The number of aliphatic imine (C=N–C) groups is 1. The maximum atomic E-state index is 13.1. The second-order valence-corrected chi connectivity index (χ2v) is 8.86. The number of aliphatic hydroxyl groups is 1. The van der Waals surface area contributed by atoms with Gasteiger partial charge in [0.05, 0.1) is 24.8 Å². The van der Waals surface area contributed by atoms with Gasteiger partial charge in [0.1, 0.15) is 5.75 Å². The van der Waals surface area contributed by atoms with Crippen LogP contribution in [-0.2, 0) is 11.0 Å². The monoisotopic (exact) mass is 526 g/mol. The standard InChI is InChI=1S/C24H26ClF3N4O4/c1-2-13(14-3-16(24(26,27)28)8-17(25)4-14)6-20(34)10-29-22(36)15-5-18(9-19(33)7-15)32-23-30-11-21(35)12-31-23/h3-5,7-9,13,21,33,35H,2,6,10-12H2,1H3,(H,29,36)(H2,30,31,32)/t13-/m1/s1. The largest absolute Gasteiger partial charge is 0.508 e. The molecule has 8 nitrogen and oxygen atoms in total. The first kappa shape index (κ1) is 27.3. The van der Waals surface area contributed by atoms with Crippen molar-refractivity contribution in [2.75, 3.05) is 25.0 Å². The Kier molecular flexibility index (Phi) is 8.80. The summed E-state index contributed by atoms with van der Waals surface area (Å²) in [6.07, 6.45) is -4.85. The highest BCUT2D eigenvalue weighted by Gasteiger charge is 2.32. The van der Waals surface area contributed by atoms with Gasteiger partial charge >= 0.3 is 6.18 Å². The molecule has 2 atom stereocenters. The lowest BCUT2D eigenvalue weighted by Gasteiger charge is -2.20. The highest BCUT2D eigenvalue weighted by Crippen LogP contribution is 2.35. The maximum Gasteiger partial charge on any atom is 0.416 e. The number of carbonyl (C=O) groups excluding carboxylic acids is 2. The third kappa shape index (κ3) is 7.59. The summed E-state index contributed by atoms with van der Waals surface area (Å²) in [5, 5.41) is 27.7. The third-order valence-electron chi connectivity index (χ3n) is 5.54. The highest BCUT2D eigenvalue weighted by molar-refractivity contribution is 6.30. The van der Waals surface area contributed by atoms with Gasteiger partial charge in [-0.25, -0.2) is 0 Å². The number of amides is 1. The number of nitrogens with one attached hydrogen (secondary N) is 3. The smallest absolute Gasteiger partial charge is 0.416 e. The number of phenolic OH excluding ortho intramolecular Hbond substituents is 1. The molecule has 0 aromatic heterocycles. The van der Waals surface area contributed by atoms with Gasteiger partial charge in [0.15, 0.2) is 11.7 Å². The van der Waals surface area contributed by atoms with Gasteiger partial charge in [-0.2, -0.15) is 13.2 Å². The van der Waals surface area contributed by atoms with E-state index in [2.05, 4.69) is 20.9 Å². The number of guanidine groups is 1. The number of aromatic hydroxyl groups is 1. The van der Waals surface area contributed by atoms with E-state index in [9.17, 15) is 33.0 Å². The van der Waals surface area contributed by atoms with Crippen LogP contribution in [-0.4, -0.2) is 53.6 Å². The lowest BCUT2D eigenvalue weighted by Crippen LogP contribution is -2.42. The average Bonchev–Trinajstić information content (AvgIpc) is 2.81. The van der Waals surface area contributed by atoms with Gasteiger partial charge in [0.2, 0.25) is 0 Å². The number of hydrogen-bond acceptors (Lipinski definition) is 7. The van der Waals surface area contributed by atoms with Crippen LogP contribution in [0.5, 0.6) is 5.75 Å². The van der Waals surface area contributed by atoms with Crippen LogP contribution in [0, 0.1) is 0 Å². The van der Waals surface area contributed by atoms with Crippen molar-refractivity contribution in [2.24, 2.45) is 4.99 Å². The quantitative estimate of drug-likeness (QED) is 0.357. The topological polar surface area (TPSA) is 123 Å². The molecule has 0 spiro atoms. The molecule has 36 heavy (non-hydrogen) atoms. The molecule has 2 aromatic rings. The lowest BCUT2D eigenvalue weighted by molar-refractivity contribution is -0.137. The van der Waals surface area contributed by atoms with Crippen LogP contribution >= 0.6 is 11.6 Å². The van der Waals surface area contributed by atoms with Gasteiger partial charge in [-0.15, -0.1) is 0 Å². The number of hydrogen-bond donors (Lipinski definition) is 5. The molecule has 1 amide bonds. The second kappa shape index (κ2) is 11.6. The molecule has 5 N–H and O–H groups in total. The van der Waals surface area contributed by atoms with Crippen molar-refractivity contribution in [2.45, 2.75) is 38.0 Å². The minimum atomic E-state index is -4.56. The maximum absolute atomic E-state index is 13.1. The fourth-order valence-electron chi connectivity index (χ4n) is 3.70. The predicted molar refractivity (Wildman–Crippen MR) is 129 cm³/mol. The Balaban J connectivity index is 1.62. The number of β-amino-alcohol motifs (C(OH)–C–C–N with tert-alkyl or cyclic N) is 1. The second-order valence-electron chi connectivity index (χ2n) is 8.42. The molecule has 0 saturated heterocycles. The molecule has 12 heteroatoms. The van der Waals surface area contributed by atoms with Gasteiger partial charge < -0.3 is 26.2 Å². The van der Waals surface area contributed by atoms with Gasteiger partial charge in [0, 0.05) is 35.3 Å². The van der Waals surface area contributed by atoms with Crippen molar-refractivity contribution in [3.05, 3.63) is 58.1 Å². The summed E-state index contributed by atoms with van der Waals surface area (Å²) in [6, 6.07) is 7.28. The van der Waals surface area contributed by atoms with E-state index in [-0.39, 0.29) is 41.6 Å². The number of aliphatic hydroxyl groups excluding tert-OH is 1. The van der Waals surface area contributed by atoms with Crippen molar-refractivity contribution in [3.8, 4) is 5.75 Å². The molecular formula is C24H26ClF3N4O4. The van der Waals surface area contributed by atoms with E-state index < -0.39 is 29.7 Å². The summed E-state index contributed by atoms with van der Waals surface area (Å²) in [4.78, 5) is 29.2. The number of rotatable bonds is 8. The zero-order valence-electron chi connectivity index (χ0n) is 19.3. The Morgan fingerprint density at radius 1 is 1.22 bits per heavy atom. The number of halogens is 4. The molecule has 1 heterocycles. The lowest BCUT2D eigenvalue weighted by atomic mass is 9.90. The number of phenols is 1. The van der Waals surface area contributed by atoms with Crippen molar-refractivity contribution in [3.63, 3.8) is 0 Å². The van der Waals surface area contributed by atoms with Crippen LogP contribution in [0.2, 0.25) is 5.02 Å². The molecule has 0 saturated carbocycles. The third-order valence-corrected chi connectivity index (χ3v) is 5.76. The number of ketones is 1. The molecule has 0 fully saturated rings. The molecule has 194 valence electrons. The molecule has 0 bridgehead atoms. The number of Topliss-reactive ketones (excluding diaryl/α,β-unsaturated/α-hetero) is 1. The Hall–Kier alpha value is -3.31. The van der Waals surface area contributed by atoms with Gasteiger partial charge in [-0.3, -0.25) is 14.6 Å². The molecule has 1 aliphatic heterocycles. The number of benzene rings is 2. The van der Waals surface area contributed by atoms with E-state index in [1.54, 1.807) is 6.92 Å². The van der Waals surface area contributed by atoms with Gasteiger partial charge in [0.25, 0.3) is 5.91 Å². The summed E-state index contributed by atoms with van der Waals surface area (Å²) < 4.78 is 39.4. The molecule has 2 aromatic carbocycles. The zero-order valence-corrected chi connectivity index (χ0v) is 20.1. The Morgan fingerprint density at radius 2 is 1.97 bits per heavy atom. The first-order valence-corrected chi connectivity index (χ1v) is 11.6. The van der Waals surface area contributed by atoms with Crippen LogP contribution in [0.15, 0.2) is 41.4 Å². The van der Waals surface area contributed by atoms with E-state index in [4.69, 9.17) is 11.6 Å². The van der Waals surface area contributed by atoms with Gasteiger partial charge in [-0.05, 0) is 48.2 Å². The number of carbonyl (C=O) groups is 2. The summed E-state index contributed by atoms with van der Waals surface area (Å²) in [6.45, 7) is 1.91. The fraction of sp³-hybridized carbons (Fsp3) is 0.375. The van der Waals surface area contributed by atoms with E-state index >= 15 is 0 Å². The van der Waals surface area contributed by atoms with Crippen LogP contribution in [0.3, 0.4) is 0 Å². The van der Waals surface area contributed by atoms with Crippen LogP contribution in [0.25, 0.3) is 0 Å². The zero-order chi connectivity index (χ0) is 26.5. The first-order chi connectivity index (χ1) is 16.9. The SMILES string of the molecule is CC[C@H](CC(=O)CNC(=O)c1cc(O)cc(NC2=NCC(O)CN2)c1)c1cc(Cl)cc(C(F)(F)F)c1. The minimum Gasteiger partial charge on any atom is -0.508 e. The predicted octanol–water partition coefficient (Wildman–Crippen LogP) is 3.68. The Morgan fingerprint density at radius 3 is 2.61 bits per heavy atom. The fourth-order valence-corrected chi connectivity index (χ4v) is 3.95. The van der Waals surface area contributed by atoms with Crippen LogP contribution in [0.1, 0.15) is 47.2 Å². The minimum absolute atomic E-state index is 0.0714. The van der Waals surface area contributed by atoms with Crippen LogP contribution < -0.4 is 16.0 Å². The number of alkyl halides is 3. The summed E-state index contributed by atoms with van der Waals surface area (Å²) in [5.41, 5.74) is -0.143. The van der Waals surface area contributed by atoms with Gasteiger partial charge in [-0.1, -0.05) is 18.5 Å². The van der Waals surface area contributed by atoms with Crippen LogP contribution in [0.4, 0.5) is 18.9 Å². The van der Waals surface area contributed by atoms with E-state index in [0.717, 1.165) is 12.1 Å². The molecule has 1 unspecified atom stereocenters. The summed E-state index contributed by atoms with van der Waals surface area (Å²) in [5.74, 6) is -1.32. The molecular weight excluding hydrogens is 501 g/mol. The number of anilines is 1. The Labute approximate surface area is 210 Å². The molecule has 3 rings (SSSR count). The normalized spacial score (nSPS) is 16.5. The van der Waals surface area contributed by atoms with E-state index in [0.29, 0.717) is 30.2 Å². The average molecular weight is 527 g/mol. The molecule has 0 aliphatic carbocycles. The first-order valence-electron chi connectivity index (χ1n) is 11.2. The highest BCUT2D eigenvalue weighted by atomic mass is 35.5. The summed E-state index contributed by atoms with van der Waals surface area (Å²) in [7, 11) is 0. The Bertz CT molecular complexity index is 1160. The number of nitrogens with zero attached hydrogens (tertiary/aromatic N) is 1. The summed E-state index contributed by atoms with van der Waals surface area (Å²) >= 11 is 5.87. The van der Waals surface area contributed by atoms with E-state index in [1.165, 1.54) is 24.3 Å². The van der Waals surface area contributed by atoms with Crippen molar-refractivity contribution in [1.82, 2.24) is 10.6 Å². The van der Waals surface area contributed by atoms with Crippen molar-refractivity contribution < 1.29 is 33.0 Å². The van der Waals surface area contributed by atoms with E-state index in [1.807, 2.05) is 0 Å². The molecule has 0 radical (unpaired) electrons. The van der Waals surface area contributed by atoms with Crippen molar-refractivity contribution >= 4 is 34.9 Å². The molecule has 1 aliphatic rings. The van der Waals surface area contributed by atoms with Crippen molar-refractivity contribution in [1.29, 1.82) is 0 Å².